The molecular formula is C42H39N3O5. The number of carbonyl (C=O) groups excluding carboxylic acids is 4. The summed E-state index contributed by atoms with van der Waals surface area (Å²) >= 11 is 0. The zero-order valence-electron chi connectivity index (χ0n) is 28.6. The highest BCUT2D eigenvalue weighted by Gasteiger charge is 2.31. The Morgan fingerprint density at radius 2 is 1.24 bits per heavy atom. The fourth-order valence-electron chi connectivity index (χ4n) is 6.51. The first-order valence-electron chi connectivity index (χ1n) is 16.7. The van der Waals surface area contributed by atoms with Gasteiger partial charge in [-0.3, -0.25) is 19.2 Å². The number of fused-ring (bicyclic) bond motifs is 1. The molecule has 1 unspecified atom stereocenters. The van der Waals surface area contributed by atoms with E-state index in [4.69, 9.17) is 0 Å². The van der Waals surface area contributed by atoms with Crippen LogP contribution in [-0.2, 0) is 0 Å². The number of anilines is 3. The minimum absolute atomic E-state index is 0.224. The summed E-state index contributed by atoms with van der Waals surface area (Å²) in [4.78, 5) is 58.4. The number of hydrogen-bond donors (Lipinski definition) is 2. The Morgan fingerprint density at radius 3 is 1.90 bits per heavy atom. The summed E-state index contributed by atoms with van der Waals surface area (Å²) in [6, 6.07) is 31.7. The molecule has 252 valence electrons. The maximum Gasteiger partial charge on any atom is 0.265 e. The number of imide groups is 1. The number of benzene rings is 5. The Labute approximate surface area is 292 Å². The second-order valence-corrected chi connectivity index (χ2v) is 12.7. The van der Waals surface area contributed by atoms with E-state index in [0.717, 1.165) is 10.5 Å². The van der Waals surface area contributed by atoms with Crippen LogP contribution in [0.2, 0.25) is 0 Å². The topological polar surface area (TPSA) is 107 Å². The lowest BCUT2D eigenvalue weighted by molar-refractivity contribution is 0.0895. The van der Waals surface area contributed by atoms with Gasteiger partial charge in [0.1, 0.15) is 0 Å². The molecule has 0 fully saturated rings. The number of hydrogen-bond acceptors (Lipinski definition) is 5. The van der Waals surface area contributed by atoms with Crippen LogP contribution in [0.5, 0.6) is 0 Å². The smallest absolute Gasteiger partial charge is 0.265 e. The maximum absolute atomic E-state index is 14.4. The molecular weight excluding hydrogens is 626 g/mol. The molecule has 0 saturated heterocycles. The maximum atomic E-state index is 14.4. The van der Waals surface area contributed by atoms with Crippen LogP contribution in [0.25, 0.3) is 0 Å². The summed E-state index contributed by atoms with van der Waals surface area (Å²) in [6.07, 6.45) is 0.539. The van der Waals surface area contributed by atoms with Gasteiger partial charge in [0, 0.05) is 45.7 Å². The van der Waals surface area contributed by atoms with Gasteiger partial charge in [0.25, 0.3) is 23.6 Å². The van der Waals surface area contributed by atoms with Crippen LogP contribution in [-0.4, -0.2) is 35.3 Å². The summed E-state index contributed by atoms with van der Waals surface area (Å²) in [5.41, 5.74) is 6.60. The normalized spacial score (nSPS) is 13.9. The van der Waals surface area contributed by atoms with Crippen LogP contribution in [0.3, 0.4) is 0 Å². The second-order valence-electron chi connectivity index (χ2n) is 12.7. The third-order valence-corrected chi connectivity index (χ3v) is 9.28. The largest absolute Gasteiger partial charge is 0.388 e. The van der Waals surface area contributed by atoms with Crippen LogP contribution in [0.4, 0.5) is 17.1 Å². The van der Waals surface area contributed by atoms with Crippen molar-refractivity contribution in [2.45, 2.75) is 46.6 Å². The third kappa shape index (κ3) is 6.70. The van der Waals surface area contributed by atoms with Crippen molar-refractivity contribution in [1.29, 1.82) is 0 Å². The highest BCUT2D eigenvalue weighted by atomic mass is 16.3. The molecule has 2 N–H and O–H groups in total. The SMILES string of the molecule is Cc1ccccc1C(=O)Nc1ccc(C(=O)N(C(=O)c2ccccc2C)c2ccc(C(=O)N3CCCC(O)c4ccccc43)c(C)c2)c(C)c1. The van der Waals surface area contributed by atoms with Gasteiger partial charge in [-0.2, -0.15) is 0 Å². The molecule has 0 aliphatic carbocycles. The molecule has 5 aromatic carbocycles. The van der Waals surface area contributed by atoms with Gasteiger partial charge >= 0.3 is 0 Å². The van der Waals surface area contributed by atoms with E-state index in [2.05, 4.69) is 5.32 Å². The van der Waals surface area contributed by atoms with Gasteiger partial charge < -0.3 is 15.3 Å². The van der Waals surface area contributed by atoms with Crippen molar-refractivity contribution in [1.82, 2.24) is 0 Å². The van der Waals surface area contributed by atoms with Crippen molar-refractivity contribution in [3.8, 4) is 0 Å². The number of aliphatic hydroxyl groups is 1. The molecule has 5 aromatic rings. The van der Waals surface area contributed by atoms with Gasteiger partial charge in [-0.15, -0.1) is 0 Å². The van der Waals surface area contributed by atoms with E-state index in [-0.39, 0.29) is 11.8 Å². The van der Waals surface area contributed by atoms with E-state index in [1.165, 1.54) is 0 Å². The van der Waals surface area contributed by atoms with E-state index >= 15 is 0 Å². The van der Waals surface area contributed by atoms with Crippen LogP contribution >= 0.6 is 0 Å². The number of nitrogens with one attached hydrogen (secondary N) is 1. The van der Waals surface area contributed by atoms with Crippen LogP contribution in [0, 0.1) is 27.7 Å². The molecule has 1 atom stereocenters. The summed E-state index contributed by atoms with van der Waals surface area (Å²) < 4.78 is 0. The van der Waals surface area contributed by atoms with Gasteiger partial charge in [0.05, 0.1) is 11.8 Å². The Hall–Kier alpha value is -5.86. The molecule has 50 heavy (non-hydrogen) atoms. The lowest BCUT2D eigenvalue weighted by Gasteiger charge is -2.26. The molecule has 0 radical (unpaired) electrons. The minimum atomic E-state index is -0.652. The van der Waals surface area contributed by atoms with E-state index in [1.807, 2.05) is 62.4 Å². The number of carbonyl (C=O) groups is 4. The molecule has 1 aliphatic heterocycles. The first kappa shape index (κ1) is 34.0. The van der Waals surface area contributed by atoms with Crippen molar-refractivity contribution in [2.75, 3.05) is 21.7 Å². The van der Waals surface area contributed by atoms with E-state index in [9.17, 15) is 24.3 Å². The van der Waals surface area contributed by atoms with Gasteiger partial charge in [-0.05, 0) is 117 Å². The number of nitrogens with zero attached hydrogens (tertiary/aromatic N) is 2. The van der Waals surface area contributed by atoms with Crippen molar-refractivity contribution >= 4 is 40.7 Å². The molecule has 4 amide bonds. The Kier molecular flexibility index (Phi) is 9.74. The number of rotatable bonds is 6. The fraction of sp³-hybridized carbons (Fsp3) is 0.190. The van der Waals surface area contributed by atoms with Crippen LogP contribution < -0.4 is 15.1 Å². The predicted molar refractivity (Wildman–Crippen MR) is 196 cm³/mol. The van der Waals surface area contributed by atoms with E-state index in [1.54, 1.807) is 79.4 Å². The first-order chi connectivity index (χ1) is 24.0. The highest BCUT2D eigenvalue weighted by molar-refractivity contribution is 6.26. The number of aryl methyl sites for hydroxylation is 4. The first-order valence-corrected chi connectivity index (χ1v) is 16.7. The van der Waals surface area contributed by atoms with Gasteiger partial charge in [-0.25, -0.2) is 4.90 Å². The summed E-state index contributed by atoms with van der Waals surface area (Å²) in [6.45, 7) is 7.68. The molecule has 0 bridgehead atoms. The molecule has 0 saturated carbocycles. The summed E-state index contributed by atoms with van der Waals surface area (Å²) in [5.74, 6) is -1.53. The number of aliphatic hydroxyl groups excluding tert-OH is 1. The molecule has 8 heteroatoms. The molecule has 0 spiro atoms. The Morgan fingerprint density at radius 1 is 0.660 bits per heavy atom. The molecule has 0 aromatic heterocycles. The lowest BCUT2D eigenvalue weighted by Crippen LogP contribution is -2.38. The zero-order valence-corrected chi connectivity index (χ0v) is 28.6. The highest BCUT2D eigenvalue weighted by Crippen LogP contribution is 2.34. The van der Waals surface area contributed by atoms with E-state index < -0.39 is 17.9 Å². The van der Waals surface area contributed by atoms with Crippen molar-refractivity contribution in [3.63, 3.8) is 0 Å². The number of amides is 4. The Balaban J connectivity index is 1.34. The molecule has 1 aliphatic rings. The van der Waals surface area contributed by atoms with Crippen molar-refractivity contribution in [3.05, 3.63) is 159 Å². The zero-order chi connectivity index (χ0) is 35.5. The van der Waals surface area contributed by atoms with Crippen molar-refractivity contribution < 1.29 is 24.3 Å². The Bertz CT molecular complexity index is 2140. The van der Waals surface area contributed by atoms with Crippen molar-refractivity contribution in [2.24, 2.45) is 0 Å². The van der Waals surface area contributed by atoms with Gasteiger partial charge in [0.2, 0.25) is 0 Å². The third-order valence-electron chi connectivity index (χ3n) is 9.28. The van der Waals surface area contributed by atoms with E-state index in [0.29, 0.717) is 81.0 Å². The summed E-state index contributed by atoms with van der Waals surface area (Å²) in [5, 5.41) is 13.6. The molecule has 8 nitrogen and oxygen atoms in total. The van der Waals surface area contributed by atoms with Crippen LogP contribution in [0.1, 0.15) is 88.2 Å². The predicted octanol–water partition coefficient (Wildman–Crippen LogP) is 8.13. The lowest BCUT2D eigenvalue weighted by atomic mass is 10.0. The second kappa shape index (κ2) is 14.3. The molecule has 6 rings (SSSR count). The number of para-hydroxylation sites is 1. The monoisotopic (exact) mass is 665 g/mol. The average Bonchev–Trinajstić information content (AvgIpc) is 3.27. The standard InChI is InChI=1S/C42H39N3O5/c1-26-12-5-7-14-32(26)39(47)43-30-19-21-35(28(3)24-30)42(50)45(41(49)33-15-8-6-13-27(33)2)31-20-22-34(29(4)25-31)40(48)44-23-11-18-38(46)36-16-9-10-17-37(36)44/h5-10,12-17,19-22,24-25,38,46H,11,18,23H2,1-4H3,(H,43,47). The van der Waals surface area contributed by atoms with Gasteiger partial charge in [0.15, 0.2) is 0 Å². The summed E-state index contributed by atoms with van der Waals surface area (Å²) in [7, 11) is 0. The van der Waals surface area contributed by atoms with Crippen LogP contribution in [0.15, 0.2) is 109 Å². The van der Waals surface area contributed by atoms with Gasteiger partial charge in [-0.1, -0.05) is 54.6 Å². The minimum Gasteiger partial charge on any atom is -0.388 e. The quantitative estimate of drug-likeness (QED) is 0.178. The molecule has 1 heterocycles. The average molecular weight is 666 g/mol. The fourth-order valence-corrected chi connectivity index (χ4v) is 6.51.